The third kappa shape index (κ3) is 3.58. The first-order valence-electron chi connectivity index (χ1n) is 6.05. The average molecular weight is 200 g/mol. The molecule has 2 heteroatoms. The smallest absolute Gasteiger partial charge is 0.0827 e. The van der Waals surface area contributed by atoms with E-state index in [-0.39, 0.29) is 12.2 Å². The predicted octanol–water partition coefficient (Wildman–Crippen LogP) is 2.74. The molecule has 1 fully saturated rings. The zero-order valence-corrected chi connectivity index (χ0v) is 9.54. The van der Waals surface area contributed by atoms with Crippen molar-refractivity contribution >= 4 is 0 Å². The van der Waals surface area contributed by atoms with Gasteiger partial charge in [0.15, 0.2) is 0 Å². The minimum atomic E-state index is -0.256. The van der Waals surface area contributed by atoms with Crippen LogP contribution >= 0.6 is 0 Å². The van der Waals surface area contributed by atoms with Crippen LogP contribution in [0.3, 0.4) is 0 Å². The lowest BCUT2D eigenvalue weighted by Crippen LogP contribution is -2.33. The standard InChI is InChI=1S/C12H24O2/c1-3-14-10(2)12(13)11-8-6-4-5-7-9-11/h10-13H,3-9H2,1-2H3. The molecule has 0 aromatic rings. The molecular weight excluding hydrogens is 176 g/mol. The van der Waals surface area contributed by atoms with E-state index >= 15 is 0 Å². The molecule has 84 valence electrons. The van der Waals surface area contributed by atoms with Crippen molar-refractivity contribution < 1.29 is 9.84 Å². The van der Waals surface area contributed by atoms with Gasteiger partial charge in [-0.05, 0) is 32.6 Å². The van der Waals surface area contributed by atoms with Crippen LogP contribution < -0.4 is 0 Å². The largest absolute Gasteiger partial charge is 0.390 e. The van der Waals surface area contributed by atoms with Crippen molar-refractivity contribution in [1.29, 1.82) is 0 Å². The van der Waals surface area contributed by atoms with E-state index in [1.807, 2.05) is 13.8 Å². The Morgan fingerprint density at radius 3 is 2.29 bits per heavy atom. The average Bonchev–Trinajstić information content (AvgIpc) is 2.45. The van der Waals surface area contributed by atoms with Gasteiger partial charge in [-0.1, -0.05) is 25.7 Å². The molecular formula is C12H24O2. The monoisotopic (exact) mass is 200 g/mol. The molecule has 0 saturated heterocycles. The summed E-state index contributed by atoms with van der Waals surface area (Å²) in [5.41, 5.74) is 0. The van der Waals surface area contributed by atoms with Crippen LogP contribution in [0.25, 0.3) is 0 Å². The number of hydrogen-bond acceptors (Lipinski definition) is 2. The Hall–Kier alpha value is -0.0800. The highest BCUT2D eigenvalue weighted by atomic mass is 16.5. The molecule has 0 radical (unpaired) electrons. The van der Waals surface area contributed by atoms with Crippen molar-refractivity contribution in [2.75, 3.05) is 6.61 Å². The highest BCUT2D eigenvalue weighted by Gasteiger charge is 2.25. The van der Waals surface area contributed by atoms with E-state index in [0.29, 0.717) is 12.5 Å². The molecule has 1 rings (SSSR count). The normalized spacial score (nSPS) is 24.2. The Morgan fingerprint density at radius 2 is 1.79 bits per heavy atom. The number of rotatable bonds is 4. The molecule has 0 amide bonds. The van der Waals surface area contributed by atoms with Crippen LogP contribution in [-0.2, 0) is 4.74 Å². The Labute approximate surface area is 87.7 Å². The molecule has 2 nitrogen and oxygen atoms in total. The summed E-state index contributed by atoms with van der Waals surface area (Å²) in [6.07, 6.45) is 7.34. The van der Waals surface area contributed by atoms with Gasteiger partial charge in [0.25, 0.3) is 0 Å². The molecule has 0 bridgehead atoms. The van der Waals surface area contributed by atoms with Crippen LogP contribution in [0.5, 0.6) is 0 Å². The molecule has 0 spiro atoms. The summed E-state index contributed by atoms with van der Waals surface area (Å²) in [7, 11) is 0. The quantitative estimate of drug-likeness (QED) is 0.707. The lowest BCUT2D eigenvalue weighted by Gasteiger charge is -2.26. The van der Waals surface area contributed by atoms with Crippen LogP contribution in [-0.4, -0.2) is 23.9 Å². The van der Waals surface area contributed by atoms with E-state index in [9.17, 15) is 5.11 Å². The Bertz CT molecular complexity index is 139. The number of hydrogen-bond donors (Lipinski definition) is 1. The molecule has 1 aliphatic carbocycles. The molecule has 0 aliphatic heterocycles. The maximum atomic E-state index is 10.1. The maximum absolute atomic E-state index is 10.1. The fourth-order valence-corrected chi connectivity index (χ4v) is 2.40. The van der Waals surface area contributed by atoms with Crippen LogP contribution in [0.1, 0.15) is 52.4 Å². The number of aliphatic hydroxyl groups is 1. The van der Waals surface area contributed by atoms with E-state index in [4.69, 9.17) is 4.74 Å². The van der Waals surface area contributed by atoms with Gasteiger partial charge in [-0.3, -0.25) is 0 Å². The minimum absolute atomic E-state index is 0.00287. The van der Waals surface area contributed by atoms with Crippen molar-refractivity contribution in [3.8, 4) is 0 Å². The van der Waals surface area contributed by atoms with Crippen LogP contribution in [0.15, 0.2) is 0 Å². The molecule has 0 aromatic heterocycles. The summed E-state index contributed by atoms with van der Waals surface area (Å²) >= 11 is 0. The Kier molecular flexibility index (Phi) is 5.49. The van der Waals surface area contributed by atoms with Crippen LogP contribution in [0, 0.1) is 5.92 Å². The third-order valence-electron chi connectivity index (χ3n) is 3.29. The first-order valence-corrected chi connectivity index (χ1v) is 6.05. The fourth-order valence-electron chi connectivity index (χ4n) is 2.40. The summed E-state index contributed by atoms with van der Waals surface area (Å²) in [6, 6.07) is 0. The topological polar surface area (TPSA) is 29.5 Å². The molecule has 2 unspecified atom stereocenters. The summed E-state index contributed by atoms with van der Waals surface area (Å²) in [6.45, 7) is 4.67. The zero-order valence-electron chi connectivity index (χ0n) is 9.54. The van der Waals surface area contributed by atoms with Gasteiger partial charge in [0, 0.05) is 6.61 Å². The van der Waals surface area contributed by atoms with E-state index in [1.54, 1.807) is 0 Å². The summed E-state index contributed by atoms with van der Waals surface area (Å²) in [4.78, 5) is 0. The molecule has 1 aliphatic rings. The van der Waals surface area contributed by atoms with Gasteiger partial charge < -0.3 is 9.84 Å². The van der Waals surface area contributed by atoms with Crippen molar-refractivity contribution in [3.05, 3.63) is 0 Å². The second kappa shape index (κ2) is 6.41. The predicted molar refractivity (Wildman–Crippen MR) is 58.3 cm³/mol. The highest BCUT2D eigenvalue weighted by Crippen LogP contribution is 2.27. The summed E-state index contributed by atoms with van der Waals surface area (Å²) in [5, 5.41) is 10.1. The third-order valence-corrected chi connectivity index (χ3v) is 3.29. The lowest BCUT2D eigenvalue weighted by atomic mass is 9.91. The van der Waals surface area contributed by atoms with E-state index in [2.05, 4.69) is 0 Å². The second-order valence-corrected chi connectivity index (χ2v) is 4.40. The van der Waals surface area contributed by atoms with Gasteiger partial charge in [-0.15, -0.1) is 0 Å². The minimum Gasteiger partial charge on any atom is -0.390 e. The fraction of sp³-hybridized carbons (Fsp3) is 1.00. The van der Waals surface area contributed by atoms with Crippen LogP contribution in [0.4, 0.5) is 0 Å². The Balaban J connectivity index is 2.36. The van der Waals surface area contributed by atoms with Gasteiger partial charge >= 0.3 is 0 Å². The summed E-state index contributed by atoms with van der Waals surface area (Å²) in [5.74, 6) is 0.471. The first-order chi connectivity index (χ1) is 6.75. The zero-order chi connectivity index (χ0) is 10.4. The van der Waals surface area contributed by atoms with E-state index in [1.165, 1.54) is 38.5 Å². The van der Waals surface area contributed by atoms with Gasteiger partial charge in [-0.2, -0.15) is 0 Å². The van der Waals surface area contributed by atoms with Crippen molar-refractivity contribution in [1.82, 2.24) is 0 Å². The Morgan fingerprint density at radius 1 is 1.21 bits per heavy atom. The number of aliphatic hydroxyl groups excluding tert-OH is 1. The molecule has 14 heavy (non-hydrogen) atoms. The van der Waals surface area contributed by atoms with Crippen molar-refractivity contribution in [3.63, 3.8) is 0 Å². The van der Waals surface area contributed by atoms with Gasteiger partial charge in [-0.25, -0.2) is 0 Å². The van der Waals surface area contributed by atoms with Gasteiger partial charge in [0.05, 0.1) is 12.2 Å². The maximum Gasteiger partial charge on any atom is 0.0827 e. The van der Waals surface area contributed by atoms with E-state index in [0.717, 1.165) is 0 Å². The first kappa shape index (κ1) is 12.0. The lowest BCUT2D eigenvalue weighted by molar-refractivity contribution is -0.0512. The molecule has 0 aromatic carbocycles. The second-order valence-electron chi connectivity index (χ2n) is 4.40. The molecule has 0 heterocycles. The van der Waals surface area contributed by atoms with Gasteiger partial charge in [0.1, 0.15) is 0 Å². The molecule has 2 atom stereocenters. The van der Waals surface area contributed by atoms with Crippen molar-refractivity contribution in [2.45, 2.75) is 64.6 Å². The molecule has 1 saturated carbocycles. The highest BCUT2D eigenvalue weighted by molar-refractivity contribution is 4.76. The van der Waals surface area contributed by atoms with Crippen molar-refractivity contribution in [2.24, 2.45) is 5.92 Å². The SMILES string of the molecule is CCOC(C)C(O)C1CCCCCC1. The van der Waals surface area contributed by atoms with E-state index < -0.39 is 0 Å². The summed E-state index contributed by atoms with van der Waals surface area (Å²) < 4.78 is 5.45. The van der Waals surface area contributed by atoms with Crippen LogP contribution in [0.2, 0.25) is 0 Å². The van der Waals surface area contributed by atoms with Gasteiger partial charge in [0.2, 0.25) is 0 Å². The number of ether oxygens (including phenoxy) is 1. The molecule has 1 N–H and O–H groups in total.